The highest BCUT2D eigenvalue weighted by atomic mass is 32.2. The van der Waals surface area contributed by atoms with Gasteiger partial charge in [-0.2, -0.15) is 0 Å². The zero-order valence-corrected chi connectivity index (χ0v) is 20.1. The van der Waals surface area contributed by atoms with Crippen molar-refractivity contribution in [3.8, 4) is 0 Å². The Morgan fingerprint density at radius 2 is 1.84 bits per heavy atom. The number of hydrogen-bond acceptors (Lipinski definition) is 4. The second-order valence-electron chi connectivity index (χ2n) is 10.1. The van der Waals surface area contributed by atoms with Gasteiger partial charge in [0, 0.05) is 30.7 Å². The number of anilines is 1. The van der Waals surface area contributed by atoms with Crippen LogP contribution in [0.1, 0.15) is 49.3 Å². The monoisotopic (exact) mass is 453 g/mol. The summed E-state index contributed by atoms with van der Waals surface area (Å²) in [6.45, 7) is 7.58. The largest absolute Gasteiger partial charge is 0.368 e. The quantitative estimate of drug-likeness (QED) is 0.697. The molecule has 0 aromatic heterocycles. The minimum absolute atomic E-state index is 0.125. The van der Waals surface area contributed by atoms with Gasteiger partial charge >= 0.3 is 0 Å². The molecule has 2 aromatic carbocycles. The van der Waals surface area contributed by atoms with Crippen molar-refractivity contribution in [2.24, 2.45) is 0 Å². The second kappa shape index (κ2) is 8.47. The Labute approximate surface area is 192 Å². The molecule has 3 aliphatic rings. The van der Waals surface area contributed by atoms with Gasteiger partial charge in [0.05, 0.1) is 11.3 Å². The molecule has 2 heterocycles. The van der Waals surface area contributed by atoms with E-state index < -0.39 is 10.0 Å². The highest BCUT2D eigenvalue weighted by Gasteiger charge is 2.42. The molecule has 6 heteroatoms. The van der Waals surface area contributed by atoms with Crippen molar-refractivity contribution >= 4 is 15.7 Å². The first-order valence-corrected chi connectivity index (χ1v) is 13.7. The number of aryl methyl sites for hydroxylation is 1. The van der Waals surface area contributed by atoms with Gasteiger partial charge in [0.15, 0.2) is 0 Å². The summed E-state index contributed by atoms with van der Waals surface area (Å²) in [6, 6.07) is 18.5. The van der Waals surface area contributed by atoms with Crippen LogP contribution < -0.4 is 9.62 Å². The Balaban J connectivity index is 1.39. The van der Waals surface area contributed by atoms with E-state index in [1.165, 1.54) is 48.3 Å². The number of hydrogen-bond donors (Lipinski definition) is 1. The lowest BCUT2D eigenvalue weighted by molar-refractivity contribution is 0.0877. The van der Waals surface area contributed by atoms with E-state index in [1.54, 1.807) is 6.92 Å². The lowest BCUT2D eigenvalue weighted by atomic mass is 9.74. The van der Waals surface area contributed by atoms with Crippen LogP contribution in [0.15, 0.2) is 48.5 Å². The Bertz CT molecular complexity index is 1060. The summed E-state index contributed by atoms with van der Waals surface area (Å²) in [7, 11) is -3.20. The molecule has 1 unspecified atom stereocenters. The zero-order valence-electron chi connectivity index (χ0n) is 19.3. The number of sulfonamides is 1. The first-order chi connectivity index (χ1) is 15.4. The first-order valence-electron chi connectivity index (χ1n) is 12.0. The molecule has 1 aliphatic carbocycles. The fourth-order valence-electron chi connectivity index (χ4n) is 5.78. The van der Waals surface area contributed by atoms with Crippen LogP contribution in [-0.2, 0) is 22.9 Å². The molecule has 1 N–H and O–H groups in total. The molecule has 2 saturated heterocycles. The summed E-state index contributed by atoms with van der Waals surface area (Å²) < 4.78 is 27.0. The van der Waals surface area contributed by atoms with Crippen molar-refractivity contribution in [2.75, 3.05) is 36.8 Å². The van der Waals surface area contributed by atoms with Gasteiger partial charge in [0.25, 0.3) is 0 Å². The van der Waals surface area contributed by atoms with Crippen molar-refractivity contribution in [3.63, 3.8) is 0 Å². The third-order valence-corrected chi connectivity index (χ3v) is 9.15. The Hall–Kier alpha value is -1.89. The van der Waals surface area contributed by atoms with Gasteiger partial charge in [-0.3, -0.25) is 4.90 Å². The van der Waals surface area contributed by atoms with E-state index >= 15 is 0 Å². The van der Waals surface area contributed by atoms with Crippen LogP contribution in [0.3, 0.4) is 0 Å². The van der Waals surface area contributed by atoms with Crippen molar-refractivity contribution in [1.29, 1.82) is 0 Å². The highest BCUT2D eigenvalue weighted by Crippen LogP contribution is 2.41. The van der Waals surface area contributed by atoms with Crippen LogP contribution in [0.4, 0.5) is 5.69 Å². The van der Waals surface area contributed by atoms with Crippen LogP contribution >= 0.6 is 0 Å². The molecular formula is C26H35N3O2S. The van der Waals surface area contributed by atoms with Crippen LogP contribution in [0.2, 0.25) is 0 Å². The van der Waals surface area contributed by atoms with Crippen molar-refractivity contribution in [3.05, 3.63) is 65.2 Å². The average molecular weight is 454 g/mol. The maximum atomic E-state index is 12.1. The maximum absolute atomic E-state index is 12.1. The van der Waals surface area contributed by atoms with Crippen molar-refractivity contribution < 1.29 is 8.42 Å². The highest BCUT2D eigenvalue weighted by molar-refractivity contribution is 7.89. The van der Waals surface area contributed by atoms with Gasteiger partial charge in [-0.1, -0.05) is 36.4 Å². The molecular weight excluding hydrogens is 418 g/mol. The normalized spacial score (nSPS) is 25.0. The summed E-state index contributed by atoms with van der Waals surface area (Å²) in [4.78, 5) is 4.99. The second-order valence-corrected chi connectivity index (χ2v) is 12.1. The number of likely N-dealkylation sites (tertiary alicyclic amines) is 1. The lowest BCUT2D eigenvalue weighted by Gasteiger charge is -2.50. The molecule has 5 nitrogen and oxygen atoms in total. The maximum Gasteiger partial charge on any atom is 0.211 e. The standard InChI is InChI=1S/C26H35N3O2S/c1-3-32(30,31)27-26(2)18-29(19-26)22-12-10-21-11-13-25(28-14-7-15-28)24(23(21)17-22)16-20-8-5-4-6-9-20/h4-6,8-10,12,17,24-25,27H,3,7,11,13-16,18-19H2,1-2H3/t24-,25?/m1/s1. The summed E-state index contributed by atoms with van der Waals surface area (Å²) in [5.74, 6) is 0.633. The summed E-state index contributed by atoms with van der Waals surface area (Å²) >= 11 is 0. The van der Waals surface area contributed by atoms with Gasteiger partial charge in [0.2, 0.25) is 10.0 Å². The summed E-state index contributed by atoms with van der Waals surface area (Å²) in [5, 5.41) is 0. The molecule has 2 aromatic rings. The Morgan fingerprint density at radius 3 is 2.50 bits per heavy atom. The van der Waals surface area contributed by atoms with Gasteiger partial charge in [0.1, 0.15) is 0 Å². The van der Waals surface area contributed by atoms with E-state index in [0.29, 0.717) is 25.0 Å². The zero-order chi connectivity index (χ0) is 22.3. The van der Waals surface area contributed by atoms with Gasteiger partial charge in [-0.05, 0) is 81.4 Å². The molecule has 5 rings (SSSR count). The SMILES string of the molecule is CCS(=O)(=O)NC1(C)CN(c2ccc3c(c2)[C@@H](Cc2ccccc2)C(N2CCC2)CC3)C1. The van der Waals surface area contributed by atoms with E-state index in [0.717, 1.165) is 12.8 Å². The number of nitrogens with one attached hydrogen (secondary N) is 1. The van der Waals surface area contributed by atoms with Gasteiger partial charge in [-0.25, -0.2) is 13.1 Å². The summed E-state index contributed by atoms with van der Waals surface area (Å²) in [6.07, 6.45) is 4.79. The Morgan fingerprint density at radius 1 is 1.09 bits per heavy atom. The minimum atomic E-state index is -3.20. The van der Waals surface area contributed by atoms with Gasteiger partial charge < -0.3 is 4.90 Å². The number of nitrogens with zero attached hydrogens (tertiary/aromatic N) is 2. The molecule has 32 heavy (non-hydrogen) atoms. The van der Waals surface area contributed by atoms with E-state index in [4.69, 9.17) is 0 Å². The number of fused-ring (bicyclic) bond motifs is 1. The van der Waals surface area contributed by atoms with Crippen LogP contribution in [0.25, 0.3) is 0 Å². The predicted octanol–water partition coefficient (Wildman–Crippen LogP) is 3.55. The molecule has 0 saturated carbocycles. The van der Waals surface area contributed by atoms with Crippen molar-refractivity contribution in [2.45, 2.75) is 57.0 Å². The molecule has 0 amide bonds. The number of benzene rings is 2. The van der Waals surface area contributed by atoms with E-state index in [9.17, 15) is 8.42 Å². The number of rotatable bonds is 7. The third kappa shape index (κ3) is 4.33. The molecule has 172 valence electrons. The molecule has 2 atom stereocenters. The lowest BCUT2D eigenvalue weighted by Crippen LogP contribution is -2.68. The van der Waals surface area contributed by atoms with Crippen molar-refractivity contribution in [1.82, 2.24) is 9.62 Å². The van der Waals surface area contributed by atoms with Crippen LogP contribution in [-0.4, -0.2) is 56.8 Å². The predicted molar refractivity (Wildman–Crippen MR) is 131 cm³/mol. The van der Waals surface area contributed by atoms with E-state index in [-0.39, 0.29) is 11.3 Å². The van der Waals surface area contributed by atoms with Crippen LogP contribution in [0.5, 0.6) is 0 Å². The fraction of sp³-hybridized carbons (Fsp3) is 0.538. The molecule has 2 aliphatic heterocycles. The van der Waals surface area contributed by atoms with Gasteiger partial charge in [-0.15, -0.1) is 0 Å². The van der Waals surface area contributed by atoms with Crippen LogP contribution in [0, 0.1) is 0 Å². The fourth-order valence-corrected chi connectivity index (χ4v) is 6.80. The Kier molecular flexibility index (Phi) is 5.81. The molecule has 0 bridgehead atoms. The van der Waals surface area contributed by atoms with E-state index in [2.05, 4.69) is 63.1 Å². The third-order valence-electron chi connectivity index (χ3n) is 7.59. The summed E-state index contributed by atoms with van der Waals surface area (Å²) in [5.41, 5.74) is 5.23. The molecule has 2 fully saturated rings. The smallest absolute Gasteiger partial charge is 0.211 e. The average Bonchev–Trinajstić information content (AvgIpc) is 2.72. The first kappa shape index (κ1) is 21.9. The molecule has 0 spiro atoms. The molecule has 0 radical (unpaired) electrons. The topological polar surface area (TPSA) is 52.7 Å². The minimum Gasteiger partial charge on any atom is -0.368 e. The van der Waals surface area contributed by atoms with E-state index in [1.807, 2.05) is 6.92 Å².